The van der Waals surface area contributed by atoms with Crippen LogP contribution in [0.3, 0.4) is 0 Å². The van der Waals surface area contributed by atoms with E-state index in [4.69, 9.17) is 17.2 Å². The third-order valence-electron chi connectivity index (χ3n) is 11.9. The molecule has 1 aromatic heterocycles. The zero-order chi connectivity index (χ0) is 54.9. The molecule has 0 saturated carbocycles. The van der Waals surface area contributed by atoms with E-state index in [1.54, 1.807) is 48.7 Å². The maximum Gasteiger partial charge on any atom is 0.245 e. The Labute approximate surface area is 439 Å². The van der Waals surface area contributed by atoms with Crippen LogP contribution in [0, 0.1) is 0 Å². The van der Waals surface area contributed by atoms with E-state index in [1.165, 1.54) is 52.0 Å². The summed E-state index contributed by atoms with van der Waals surface area (Å²) in [6, 6.07) is 10.6. The molecule has 4 aromatic rings. The fourth-order valence-corrected chi connectivity index (χ4v) is 8.21. The molecular weight excluding hydrogens is 995 g/mol. The topological polar surface area (TPSA) is 375 Å². The normalized spacial score (nSPS) is 15.5. The van der Waals surface area contributed by atoms with E-state index in [9.17, 15) is 53.7 Å². The number of benzene rings is 3. The van der Waals surface area contributed by atoms with Gasteiger partial charge in [0.1, 0.15) is 48.0 Å². The molecule has 1 heterocycles. The van der Waals surface area contributed by atoms with E-state index in [2.05, 4.69) is 67.5 Å². The number of hydrogen-bond acceptors (Lipinski definition) is 15. The van der Waals surface area contributed by atoms with Crippen LogP contribution in [0.15, 0.2) is 85.1 Å². The molecule has 8 amide bonds. The fourth-order valence-electron chi connectivity index (χ4n) is 7.77. The van der Waals surface area contributed by atoms with Gasteiger partial charge in [-0.3, -0.25) is 38.4 Å². The molecule has 0 bridgehead atoms. The number of aliphatic hydroxyl groups is 2. The third-order valence-corrected chi connectivity index (χ3v) is 12.5. The number of carbonyl (C=O) groups is 8. The Morgan fingerprint density at radius 3 is 1.70 bits per heavy atom. The predicted molar refractivity (Wildman–Crippen MR) is 283 cm³/mol. The summed E-state index contributed by atoms with van der Waals surface area (Å²) in [4.78, 5) is 113. The lowest BCUT2D eigenvalue weighted by atomic mass is 9.99. The summed E-state index contributed by atoms with van der Waals surface area (Å²) < 4.78 is -1.33. The zero-order valence-electron chi connectivity index (χ0n) is 41.5. The number of primary amides is 1. The van der Waals surface area contributed by atoms with Crippen molar-refractivity contribution in [1.82, 2.24) is 42.2 Å². The van der Waals surface area contributed by atoms with Crippen LogP contribution in [0.2, 0.25) is 0 Å². The van der Waals surface area contributed by atoms with Crippen molar-refractivity contribution in [2.75, 3.05) is 12.3 Å². The van der Waals surface area contributed by atoms with Gasteiger partial charge in [0.25, 0.3) is 0 Å². The number of nitrogens with one attached hydrogen (secondary N) is 8. The Morgan fingerprint density at radius 1 is 0.622 bits per heavy atom. The number of phenolic OH excluding ortho intramolecular Hbond substituents is 1. The zero-order valence-corrected chi connectivity index (χ0v) is 43.3. The van der Waals surface area contributed by atoms with Gasteiger partial charge in [-0.2, -0.15) is 25.3 Å². The minimum Gasteiger partial charge on any atom is -0.508 e. The van der Waals surface area contributed by atoms with E-state index in [0.717, 1.165) is 5.56 Å². The maximum absolute atomic E-state index is 14.6. The van der Waals surface area contributed by atoms with Crippen molar-refractivity contribution in [1.29, 1.82) is 0 Å². The number of nitrogens with two attached hydrogens (primary N) is 3. The number of thiol groups is 2. The van der Waals surface area contributed by atoms with E-state index in [1.807, 2.05) is 12.1 Å². The number of aromatic nitrogens is 1. The Morgan fingerprint density at radius 2 is 1.14 bits per heavy atom. The van der Waals surface area contributed by atoms with Crippen molar-refractivity contribution in [2.45, 2.75) is 125 Å². The van der Waals surface area contributed by atoms with Crippen molar-refractivity contribution < 1.29 is 53.7 Å². The van der Waals surface area contributed by atoms with Gasteiger partial charge in [-0.25, -0.2) is 0 Å². The van der Waals surface area contributed by atoms with Gasteiger partial charge in [0, 0.05) is 40.4 Å². The Hall–Kier alpha value is -6.70. The number of hydrogen-bond donors (Lipinski definition) is 16. The lowest BCUT2D eigenvalue weighted by molar-refractivity contribution is -0.137. The van der Waals surface area contributed by atoms with Crippen LogP contribution in [-0.2, 0) is 57.6 Å². The minimum absolute atomic E-state index is 0.0607. The largest absolute Gasteiger partial charge is 0.508 e. The number of phenols is 1. The molecule has 10 atom stereocenters. The third kappa shape index (κ3) is 17.8. The van der Waals surface area contributed by atoms with Crippen molar-refractivity contribution in [3.8, 4) is 5.75 Å². The molecule has 0 radical (unpaired) electrons. The number of rotatable bonds is 28. The van der Waals surface area contributed by atoms with Gasteiger partial charge in [0.05, 0.1) is 18.2 Å². The average Bonchev–Trinajstić information content (AvgIpc) is 3.76. The highest BCUT2D eigenvalue weighted by molar-refractivity contribution is 7.81. The van der Waals surface area contributed by atoms with Gasteiger partial charge in [-0.15, -0.1) is 0 Å². The number of aromatic amines is 1. The first-order valence-corrected chi connectivity index (χ1v) is 25.0. The summed E-state index contributed by atoms with van der Waals surface area (Å²) >= 11 is 8.73. The summed E-state index contributed by atoms with van der Waals surface area (Å²) in [6.07, 6.45) is -1.42. The van der Waals surface area contributed by atoms with Gasteiger partial charge in [-0.05, 0) is 88.4 Å². The Bertz CT molecular complexity index is 2560. The number of H-pyrrole nitrogens is 1. The monoisotopic (exact) mass is 1060 g/mol. The number of fused-ring (bicyclic) bond motifs is 1. The molecule has 0 saturated heterocycles. The SMILES string of the molecule is C[C@@H](O)[C@H](NC(=O)[C@@H](NC(=O)[C@@H](NC(=O)[C@H](CCCN)NC(=O)[C@@H](Cc1c[nH]c2ccccc12)NC(=O)[C@H](Cc1ccc(O)cc1)NC(=O)[C@H](CS)NC(=O)[C@@H](N)Cc1ccccc1)[C@@H](C)O)C(C)(C)S)C(N)=O. The van der Waals surface area contributed by atoms with Crippen LogP contribution in [0.4, 0.5) is 0 Å². The number of carbonyl (C=O) groups excluding carboxylic acids is 8. The second-order valence-electron chi connectivity index (χ2n) is 18.5. The summed E-state index contributed by atoms with van der Waals surface area (Å²) in [5.41, 5.74) is 20.0. The second-order valence-corrected chi connectivity index (χ2v) is 20.1. The molecule has 0 aliphatic heterocycles. The van der Waals surface area contributed by atoms with Crippen LogP contribution in [0.1, 0.15) is 57.2 Å². The number of amides is 8. The van der Waals surface area contributed by atoms with Crippen LogP contribution in [0.5, 0.6) is 5.75 Å². The summed E-state index contributed by atoms with van der Waals surface area (Å²) in [6.45, 7) is 5.42. The molecular formula is C50H69N11O11S2. The van der Waals surface area contributed by atoms with E-state index >= 15 is 0 Å². The molecule has 3 aromatic carbocycles. The van der Waals surface area contributed by atoms with E-state index in [0.29, 0.717) is 22.0 Å². The standard InChI is InChI=1S/C50H69N11O11S2/c1-26(62)39(42(53)65)59-49(72)41(50(3,4)74)61-48(71)40(27(2)63)60-44(67)35(15-10-20-51)55-46(69)37(23-30-24-54-34-14-9-8-13-32(30)34)57-45(68)36(22-29-16-18-31(64)19-17-29)56-47(70)38(25-73)58-43(66)33(52)21-28-11-6-5-7-12-28/h5-9,11-14,16-19,24,26-27,33,35-41,54,62-64,73-74H,10,15,20-23,25,51-52H2,1-4H3,(H2,53,65)(H,55,69)(H,56,70)(H,57,68)(H,58,66)(H,59,72)(H,60,67)(H,61,71)/t26-,27-,33+,35+,36+,37-,38+,39+,40+,41-/m1/s1. The predicted octanol–water partition coefficient (Wildman–Crippen LogP) is -1.75. The smallest absolute Gasteiger partial charge is 0.245 e. The molecule has 4 rings (SSSR count). The van der Waals surface area contributed by atoms with Gasteiger partial charge in [0.15, 0.2) is 0 Å². The van der Waals surface area contributed by atoms with Gasteiger partial charge in [-0.1, -0.05) is 60.7 Å². The highest BCUT2D eigenvalue weighted by atomic mass is 32.1. The fraction of sp³-hybridized carbons (Fsp3) is 0.440. The number of aliphatic hydroxyl groups excluding tert-OH is 2. The molecule has 0 unspecified atom stereocenters. The summed E-state index contributed by atoms with van der Waals surface area (Å²) in [7, 11) is 0. The number of aromatic hydroxyl groups is 1. The Kier molecular flexibility index (Phi) is 22.7. The van der Waals surface area contributed by atoms with Crippen LogP contribution < -0.4 is 54.4 Å². The van der Waals surface area contributed by atoms with Crippen molar-refractivity contribution >= 4 is 83.4 Å². The van der Waals surface area contributed by atoms with Gasteiger partial charge < -0.3 is 74.7 Å². The molecule has 74 heavy (non-hydrogen) atoms. The van der Waals surface area contributed by atoms with Crippen molar-refractivity contribution in [3.63, 3.8) is 0 Å². The molecule has 24 heteroatoms. The van der Waals surface area contributed by atoms with Crippen LogP contribution in [0.25, 0.3) is 10.9 Å². The van der Waals surface area contributed by atoms with E-state index in [-0.39, 0.29) is 50.2 Å². The summed E-state index contributed by atoms with van der Waals surface area (Å²) in [5, 5.41) is 49.4. The highest BCUT2D eigenvalue weighted by Gasteiger charge is 2.40. The Balaban J connectivity index is 1.63. The van der Waals surface area contributed by atoms with Gasteiger partial charge >= 0.3 is 0 Å². The first-order valence-electron chi connectivity index (χ1n) is 23.9. The van der Waals surface area contributed by atoms with Crippen molar-refractivity contribution in [2.24, 2.45) is 17.2 Å². The van der Waals surface area contributed by atoms with Crippen LogP contribution >= 0.6 is 25.3 Å². The molecule has 17 N–H and O–H groups in total. The van der Waals surface area contributed by atoms with Gasteiger partial charge in [0.2, 0.25) is 47.3 Å². The molecule has 0 aliphatic rings. The molecule has 22 nitrogen and oxygen atoms in total. The average molecular weight is 1060 g/mol. The molecule has 402 valence electrons. The van der Waals surface area contributed by atoms with Crippen molar-refractivity contribution in [3.05, 3.63) is 102 Å². The first kappa shape index (κ1) is 59.9. The lowest BCUT2D eigenvalue weighted by Gasteiger charge is -2.33. The van der Waals surface area contributed by atoms with E-state index < -0.39 is 113 Å². The molecule has 0 aliphatic carbocycles. The molecule has 0 spiro atoms. The first-order chi connectivity index (χ1) is 34.9. The lowest BCUT2D eigenvalue weighted by Crippen LogP contribution is -2.64. The maximum atomic E-state index is 14.6. The quantitative estimate of drug-likeness (QED) is 0.0281. The molecule has 0 fully saturated rings. The highest BCUT2D eigenvalue weighted by Crippen LogP contribution is 2.21. The van der Waals surface area contributed by atoms with Crippen LogP contribution in [-0.4, -0.2) is 145 Å². The minimum atomic E-state index is -1.74. The summed E-state index contributed by atoms with van der Waals surface area (Å²) in [5.74, 6) is -7.47. The number of para-hydroxylation sites is 1. The second kappa shape index (κ2) is 28.1.